The maximum absolute atomic E-state index is 2.48. The third-order valence-corrected chi connectivity index (χ3v) is 5.18. The fraction of sp³-hybridized carbons (Fsp3) is 1.00. The number of fused-ring (bicyclic) bond motifs is 1. The van der Waals surface area contributed by atoms with E-state index in [0.29, 0.717) is 0 Å². The lowest BCUT2D eigenvalue weighted by molar-refractivity contribution is -0.0760. The molecule has 0 nitrogen and oxygen atoms in total. The molecular formula is C13H24. The van der Waals surface area contributed by atoms with Gasteiger partial charge < -0.3 is 0 Å². The van der Waals surface area contributed by atoms with Gasteiger partial charge in [-0.05, 0) is 48.3 Å². The van der Waals surface area contributed by atoms with Crippen molar-refractivity contribution in [3.05, 3.63) is 0 Å². The van der Waals surface area contributed by atoms with Crippen molar-refractivity contribution in [2.75, 3.05) is 0 Å². The summed E-state index contributed by atoms with van der Waals surface area (Å²) in [5.41, 5.74) is 0. The highest BCUT2D eigenvalue weighted by Crippen LogP contribution is 2.57. The van der Waals surface area contributed by atoms with Crippen LogP contribution in [0.5, 0.6) is 0 Å². The van der Waals surface area contributed by atoms with Crippen molar-refractivity contribution in [2.24, 2.45) is 35.5 Å². The molecule has 6 unspecified atom stereocenters. The van der Waals surface area contributed by atoms with Crippen molar-refractivity contribution in [3.63, 3.8) is 0 Å². The van der Waals surface area contributed by atoms with Crippen molar-refractivity contribution in [1.82, 2.24) is 0 Å². The molecule has 2 aliphatic rings. The van der Waals surface area contributed by atoms with E-state index >= 15 is 0 Å². The van der Waals surface area contributed by atoms with Gasteiger partial charge in [-0.2, -0.15) is 0 Å². The lowest BCUT2D eigenvalue weighted by atomic mass is 9.49. The van der Waals surface area contributed by atoms with Crippen LogP contribution in [0.15, 0.2) is 0 Å². The summed E-state index contributed by atoms with van der Waals surface area (Å²) in [4.78, 5) is 0. The normalized spacial score (nSPS) is 55.4. The lowest BCUT2D eigenvalue weighted by Gasteiger charge is -2.56. The second kappa shape index (κ2) is 3.29. The molecule has 0 N–H and O–H groups in total. The predicted octanol–water partition coefficient (Wildman–Crippen LogP) is 3.96. The van der Waals surface area contributed by atoms with Crippen LogP contribution in [0.2, 0.25) is 0 Å². The highest BCUT2D eigenvalue weighted by Gasteiger charge is 2.49. The average Bonchev–Trinajstić information content (AvgIpc) is 2.11. The second-order valence-corrected chi connectivity index (χ2v) is 5.68. The molecule has 0 saturated heterocycles. The molecule has 0 radical (unpaired) electrons. The topological polar surface area (TPSA) is 0 Å². The van der Waals surface area contributed by atoms with E-state index in [4.69, 9.17) is 0 Å². The van der Waals surface area contributed by atoms with Crippen molar-refractivity contribution in [2.45, 2.75) is 47.0 Å². The van der Waals surface area contributed by atoms with Crippen molar-refractivity contribution >= 4 is 0 Å². The Morgan fingerprint density at radius 2 is 1.46 bits per heavy atom. The molecule has 0 aromatic heterocycles. The van der Waals surface area contributed by atoms with Crippen molar-refractivity contribution in [3.8, 4) is 0 Å². The zero-order valence-corrected chi connectivity index (χ0v) is 9.59. The molecule has 0 heterocycles. The zero-order chi connectivity index (χ0) is 9.59. The monoisotopic (exact) mass is 180 g/mol. The Morgan fingerprint density at radius 3 is 2.00 bits per heavy atom. The van der Waals surface area contributed by atoms with E-state index in [2.05, 4.69) is 27.7 Å². The van der Waals surface area contributed by atoms with Gasteiger partial charge in [-0.25, -0.2) is 0 Å². The summed E-state index contributed by atoms with van der Waals surface area (Å²) < 4.78 is 0. The summed E-state index contributed by atoms with van der Waals surface area (Å²) in [6, 6.07) is 0. The maximum atomic E-state index is 2.48. The van der Waals surface area contributed by atoms with Gasteiger partial charge in [0.05, 0.1) is 0 Å². The summed E-state index contributed by atoms with van der Waals surface area (Å²) in [7, 11) is 0. The van der Waals surface area contributed by atoms with Crippen LogP contribution in [0.25, 0.3) is 0 Å². The van der Waals surface area contributed by atoms with Gasteiger partial charge in [-0.1, -0.05) is 34.1 Å². The minimum absolute atomic E-state index is 0.988. The Hall–Kier alpha value is 0. The molecule has 76 valence electrons. The van der Waals surface area contributed by atoms with E-state index < -0.39 is 0 Å². The van der Waals surface area contributed by atoms with E-state index in [1.54, 1.807) is 0 Å². The van der Waals surface area contributed by atoms with Crippen LogP contribution in [-0.2, 0) is 0 Å². The van der Waals surface area contributed by atoms with E-state index in [-0.39, 0.29) is 0 Å². The fourth-order valence-corrected chi connectivity index (χ4v) is 4.01. The largest absolute Gasteiger partial charge is 0.0651 e. The summed E-state index contributed by atoms with van der Waals surface area (Å²) >= 11 is 0. The quantitative estimate of drug-likeness (QED) is 0.573. The van der Waals surface area contributed by atoms with E-state index in [9.17, 15) is 0 Å². The molecule has 0 aromatic rings. The fourth-order valence-electron chi connectivity index (χ4n) is 4.01. The minimum Gasteiger partial charge on any atom is -0.0651 e. The first-order valence-electron chi connectivity index (χ1n) is 6.15. The number of hydrogen-bond acceptors (Lipinski definition) is 0. The molecule has 0 heteroatoms. The smallest absolute Gasteiger partial charge is 0.0349 e. The zero-order valence-electron chi connectivity index (χ0n) is 9.59. The Labute approximate surface area is 83.1 Å². The molecule has 2 aliphatic carbocycles. The van der Waals surface area contributed by atoms with E-state index in [1.165, 1.54) is 19.3 Å². The van der Waals surface area contributed by atoms with Crippen LogP contribution in [0.4, 0.5) is 0 Å². The third kappa shape index (κ3) is 1.33. The summed E-state index contributed by atoms with van der Waals surface area (Å²) in [5, 5.41) is 0. The Morgan fingerprint density at radius 1 is 0.923 bits per heavy atom. The molecule has 2 rings (SSSR count). The van der Waals surface area contributed by atoms with Gasteiger partial charge in [0.25, 0.3) is 0 Å². The number of rotatable bonds is 1. The lowest BCUT2D eigenvalue weighted by Crippen LogP contribution is -2.49. The Kier molecular flexibility index (Phi) is 2.42. The Balaban J connectivity index is 2.01. The molecule has 6 atom stereocenters. The van der Waals surface area contributed by atoms with Crippen LogP contribution in [0.1, 0.15) is 47.0 Å². The van der Waals surface area contributed by atoms with E-state index in [0.717, 1.165) is 35.5 Å². The van der Waals surface area contributed by atoms with Crippen LogP contribution < -0.4 is 0 Å². The third-order valence-electron chi connectivity index (χ3n) is 5.18. The van der Waals surface area contributed by atoms with Gasteiger partial charge in [0.15, 0.2) is 0 Å². The first-order chi connectivity index (χ1) is 6.15. The van der Waals surface area contributed by atoms with Gasteiger partial charge in [0.2, 0.25) is 0 Å². The van der Waals surface area contributed by atoms with Crippen LogP contribution in [-0.4, -0.2) is 0 Å². The highest BCUT2D eigenvalue weighted by molar-refractivity contribution is 4.98. The molecule has 2 saturated carbocycles. The summed E-state index contributed by atoms with van der Waals surface area (Å²) in [6.45, 7) is 9.77. The second-order valence-electron chi connectivity index (χ2n) is 5.68. The average molecular weight is 180 g/mol. The van der Waals surface area contributed by atoms with Gasteiger partial charge in [0.1, 0.15) is 0 Å². The molecule has 0 bridgehead atoms. The van der Waals surface area contributed by atoms with Crippen molar-refractivity contribution in [1.29, 1.82) is 0 Å². The maximum Gasteiger partial charge on any atom is -0.0349 e. The molecule has 2 fully saturated rings. The molecule has 0 aromatic carbocycles. The summed E-state index contributed by atoms with van der Waals surface area (Å²) in [5.74, 6) is 6.27. The van der Waals surface area contributed by atoms with Crippen LogP contribution >= 0.6 is 0 Å². The van der Waals surface area contributed by atoms with Gasteiger partial charge in [-0.3, -0.25) is 0 Å². The SMILES string of the molecule is CCC1C(C)C2CC(C)C(C)CC12. The van der Waals surface area contributed by atoms with Gasteiger partial charge in [0, 0.05) is 0 Å². The standard InChI is InChI=1S/C13H24/c1-5-11-10(4)12-6-8(2)9(3)7-13(11)12/h8-13H,5-7H2,1-4H3. The minimum atomic E-state index is 0.988. The molecule has 0 amide bonds. The van der Waals surface area contributed by atoms with E-state index in [1.807, 2.05) is 0 Å². The first-order valence-corrected chi connectivity index (χ1v) is 6.15. The van der Waals surface area contributed by atoms with Crippen LogP contribution in [0.3, 0.4) is 0 Å². The highest BCUT2D eigenvalue weighted by atomic mass is 14.5. The van der Waals surface area contributed by atoms with Crippen molar-refractivity contribution < 1.29 is 0 Å². The summed E-state index contributed by atoms with van der Waals surface area (Å²) in [6.07, 6.45) is 4.46. The molecule has 13 heavy (non-hydrogen) atoms. The van der Waals surface area contributed by atoms with Crippen LogP contribution in [0, 0.1) is 35.5 Å². The van der Waals surface area contributed by atoms with Gasteiger partial charge >= 0.3 is 0 Å². The molecule has 0 aliphatic heterocycles. The predicted molar refractivity (Wildman–Crippen MR) is 57.5 cm³/mol. The first kappa shape index (κ1) is 9.55. The number of hydrogen-bond donors (Lipinski definition) is 0. The molecule has 0 spiro atoms. The Bertz CT molecular complexity index is 184. The molecular weight excluding hydrogens is 156 g/mol. The van der Waals surface area contributed by atoms with Gasteiger partial charge in [-0.15, -0.1) is 0 Å².